The molecule has 7 heteroatoms. The van der Waals surface area contributed by atoms with Crippen molar-refractivity contribution in [2.75, 3.05) is 36.4 Å². The van der Waals surface area contributed by atoms with Crippen LogP contribution in [-0.2, 0) is 0 Å². The summed E-state index contributed by atoms with van der Waals surface area (Å²) in [5, 5.41) is 2.50. The normalized spacial score (nSPS) is 14.4. The molecule has 2 aromatic carbocycles. The molecular weight excluding hydrogens is 352 g/mol. The summed E-state index contributed by atoms with van der Waals surface area (Å²) in [5.74, 6) is -0.651. The highest BCUT2D eigenvalue weighted by Crippen LogP contribution is 2.29. The Morgan fingerprint density at radius 3 is 2.44 bits per heavy atom. The summed E-state index contributed by atoms with van der Waals surface area (Å²) in [6.07, 6.45) is 0.0730. The molecule has 1 N–H and O–H groups in total. The quantitative estimate of drug-likeness (QED) is 0.875. The summed E-state index contributed by atoms with van der Waals surface area (Å²) in [5.41, 5.74) is 0.968. The number of urea groups is 1. The molecule has 1 aliphatic rings. The standard InChI is InChI=1S/C20H23F2N3O2/c1-14(2)27-19-6-4-3-5-18(19)24-9-11-25(12-10-24)20(26)23-17-8-7-15(21)13-16(17)22/h3-8,13-14H,9-12H2,1-2H3,(H,23,26). The predicted octanol–water partition coefficient (Wildman–Crippen LogP) is 4.11. The largest absolute Gasteiger partial charge is 0.489 e. The number of carbonyl (C=O) groups is 1. The van der Waals surface area contributed by atoms with Crippen LogP contribution in [0.25, 0.3) is 0 Å². The first-order valence-electron chi connectivity index (χ1n) is 8.95. The number of halogens is 2. The maximum absolute atomic E-state index is 13.7. The lowest BCUT2D eigenvalue weighted by molar-refractivity contribution is 0.207. The van der Waals surface area contributed by atoms with E-state index in [0.29, 0.717) is 26.2 Å². The van der Waals surface area contributed by atoms with Gasteiger partial charge in [0.05, 0.1) is 17.5 Å². The number of piperazine rings is 1. The molecule has 1 saturated heterocycles. The van der Waals surface area contributed by atoms with E-state index in [1.165, 1.54) is 6.07 Å². The SMILES string of the molecule is CC(C)Oc1ccccc1N1CCN(C(=O)Nc2ccc(F)cc2F)CC1. The second kappa shape index (κ2) is 8.24. The highest BCUT2D eigenvalue weighted by Gasteiger charge is 2.23. The van der Waals surface area contributed by atoms with Crippen LogP contribution in [0.3, 0.4) is 0 Å². The van der Waals surface area contributed by atoms with Gasteiger partial charge >= 0.3 is 6.03 Å². The van der Waals surface area contributed by atoms with E-state index in [4.69, 9.17) is 4.74 Å². The zero-order chi connectivity index (χ0) is 19.4. The Morgan fingerprint density at radius 2 is 1.78 bits per heavy atom. The van der Waals surface area contributed by atoms with Crippen molar-refractivity contribution in [3.05, 3.63) is 54.1 Å². The topological polar surface area (TPSA) is 44.8 Å². The van der Waals surface area contributed by atoms with Gasteiger partial charge in [-0.2, -0.15) is 0 Å². The van der Waals surface area contributed by atoms with E-state index in [1.54, 1.807) is 4.90 Å². The number of hydrogen-bond acceptors (Lipinski definition) is 3. The van der Waals surface area contributed by atoms with Gasteiger partial charge in [0, 0.05) is 32.2 Å². The van der Waals surface area contributed by atoms with E-state index < -0.39 is 17.7 Å². The van der Waals surface area contributed by atoms with E-state index in [1.807, 2.05) is 38.1 Å². The first kappa shape index (κ1) is 18.9. The molecule has 3 rings (SSSR count). The summed E-state index contributed by atoms with van der Waals surface area (Å²) in [6.45, 7) is 6.21. The van der Waals surface area contributed by atoms with E-state index in [0.717, 1.165) is 23.6 Å². The van der Waals surface area contributed by atoms with Crippen LogP contribution in [0.2, 0.25) is 0 Å². The van der Waals surface area contributed by atoms with Crippen LogP contribution in [0, 0.1) is 11.6 Å². The number of ether oxygens (including phenoxy) is 1. The predicted molar refractivity (Wildman–Crippen MR) is 101 cm³/mol. The summed E-state index contributed by atoms with van der Waals surface area (Å²) in [4.78, 5) is 16.2. The molecule has 1 fully saturated rings. The minimum atomic E-state index is -0.790. The van der Waals surface area contributed by atoms with Crippen LogP contribution < -0.4 is 15.0 Å². The molecule has 1 aliphatic heterocycles. The molecule has 0 unspecified atom stereocenters. The third-order valence-electron chi connectivity index (χ3n) is 4.31. The van der Waals surface area contributed by atoms with Gasteiger partial charge in [-0.25, -0.2) is 13.6 Å². The van der Waals surface area contributed by atoms with Gasteiger partial charge in [-0.1, -0.05) is 12.1 Å². The fourth-order valence-corrected chi connectivity index (χ4v) is 3.01. The van der Waals surface area contributed by atoms with Crippen molar-refractivity contribution < 1.29 is 18.3 Å². The Kier molecular flexibility index (Phi) is 5.78. The van der Waals surface area contributed by atoms with Crippen LogP contribution in [0.1, 0.15) is 13.8 Å². The zero-order valence-corrected chi connectivity index (χ0v) is 15.4. The Hall–Kier alpha value is -2.83. The molecular formula is C20H23F2N3O2. The van der Waals surface area contributed by atoms with Crippen molar-refractivity contribution in [1.29, 1.82) is 0 Å². The third-order valence-corrected chi connectivity index (χ3v) is 4.31. The molecule has 27 heavy (non-hydrogen) atoms. The van der Waals surface area contributed by atoms with Gasteiger partial charge < -0.3 is 19.9 Å². The molecule has 0 aliphatic carbocycles. The van der Waals surface area contributed by atoms with Crippen LogP contribution in [-0.4, -0.2) is 43.2 Å². The fraction of sp³-hybridized carbons (Fsp3) is 0.350. The molecule has 0 saturated carbocycles. The lowest BCUT2D eigenvalue weighted by Crippen LogP contribution is -2.50. The maximum atomic E-state index is 13.7. The first-order chi connectivity index (χ1) is 12.9. The number of nitrogens with one attached hydrogen (secondary N) is 1. The average Bonchev–Trinajstić information content (AvgIpc) is 2.64. The van der Waals surface area contributed by atoms with Crippen molar-refractivity contribution >= 4 is 17.4 Å². The number of para-hydroxylation sites is 2. The third kappa shape index (κ3) is 4.67. The van der Waals surface area contributed by atoms with Gasteiger partial charge in [0.2, 0.25) is 0 Å². The number of hydrogen-bond donors (Lipinski definition) is 1. The number of rotatable bonds is 4. The molecule has 2 amide bonds. The Balaban J connectivity index is 1.61. The average molecular weight is 375 g/mol. The van der Waals surface area contributed by atoms with Crippen molar-refractivity contribution in [2.24, 2.45) is 0 Å². The van der Waals surface area contributed by atoms with Crippen molar-refractivity contribution in [3.8, 4) is 5.75 Å². The van der Waals surface area contributed by atoms with Gasteiger partial charge in [-0.05, 0) is 38.1 Å². The van der Waals surface area contributed by atoms with Crippen LogP contribution in [0.5, 0.6) is 5.75 Å². The minimum Gasteiger partial charge on any atom is -0.489 e. The van der Waals surface area contributed by atoms with Gasteiger partial charge in [-0.3, -0.25) is 0 Å². The molecule has 0 bridgehead atoms. The Bertz CT molecular complexity index is 806. The number of carbonyl (C=O) groups excluding carboxylic acids is 1. The molecule has 5 nitrogen and oxygen atoms in total. The number of nitrogens with zero attached hydrogens (tertiary/aromatic N) is 2. The number of amides is 2. The first-order valence-corrected chi connectivity index (χ1v) is 8.95. The minimum absolute atomic E-state index is 0.0282. The summed E-state index contributed by atoms with van der Waals surface area (Å²) < 4.78 is 32.6. The smallest absolute Gasteiger partial charge is 0.322 e. The zero-order valence-electron chi connectivity index (χ0n) is 15.4. The highest BCUT2D eigenvalue weighted by atomic mass is 19.1. The van der Waals surface area contributed by atoms with Crippen molar-refractivity contribution in [3.63, 3.8) is 0 Å². The van der Waals surface area contributed by atoms with Gasteiger partial charge in [0.25, 0.3) is 0 Å². The van der Waals surface area contributed by atoms with E-state index in [-0.39, 0.29) is 11.8 Å². The van der Waals surface area contributed by atoms with Crippen LogP contribution in [0.4, 0.5) is 25.0 Å². The highest BCUT2D eigenvalue weighted by molar-refractivity contribution is 5.89. The summed E-state index contributed by atoms with van der Waals surface area (Å²) in [7, 11) is 0. The second-order valence-corrected chi connectivity index (χ2v) is 6.66. The number of anilines is 2. The van der Waals surface area contributed by atoms with Gasteiger partial charge in [0.15, 0.2) is 0 Å². The van der Waals surface area contributed by atoms with Crippen LogP contribution in [0.15, 0.2) is 42.5 Å². The fourth-order valence-electron chi connectivity index (χ4n) is 3.01. The van der Waals surface area contributed by atoms with Crippen molar-refractivity contribution in [1.82, 2.24) is 4.90 Å². The van der Waals surface area contributed by atoms with Gasteiger partial charge in [0.1, 0.15) is 17.4 Å². The van der Waals surface area contributed by atoms with E-state index in [9.17, 15) is 13.6 Å². The Labute approximate surface area is 157 Å². The molecule has 2 aromatic rings. The summed E-state index contributed by atoms with van der Waals surface area (Å²) in [6, 6.07) is 10.5. The van der Waals surface area contributed by atoms with Gasteiger partial charge in [-0.15, -0.1) is 0 Å². The molecule has 1 heterocycles. The lowest BCUT2D eigenvalue weighted by atomic mass is 10.2. The molecule has 0 radical (unpaired) electrons. The molecule has 144 valence electrons. The molecule has 0 atom stereocenters. The number of benzene rings is 2. The van der Waals surface area contributed by atoms with Crippen LogP contribution >= 0.6 is 0 Å². The summed E-state index contributed by atoms with van der Waals surface area (Å²) >= 11 is 0. The monoisotopic (exact) mass is 375 g/mol. The maximum Gasteiger partial charge on any atom is 0.322 e. The molecule has 0 spiro atoms. The lowest BCUT2D eigenvalue weighted by Gasteiger charge is -2.36. The van der Waals surface area contributed by atoms with Crippen molar-refractivity contribution in [2.45, 2.75) is 20.0 Å². The molecule has 0 aromatic heterocycles. The van der Waals surface area contributed by atoms with E-state index in [2.05, 4.69) is 10.2 Å². The van der Waals surface area contributed by atoms with E-state index >= 15 is 0 Å². The Morgan fingerprint density at radius 1 is 1.07 bits per heavy atom. The second-order valence-electron chi connectivity index (χ2n) is 6.66.